The predicted molar refractivity (Wildman–Crippen MR) is 81.1 cm³/mol. The molecule has 0 aliphatic carbocycles. The molecule has 0 atom stereocenters. The van der Waals surface area contributed by atoms with Crippen LogP contribution in [-0.4, -0.2) is 24.1 Å². The summed E-state index contributed by atoms with van der Waals surface area (Å²) in [5.41, 5.74) is -0.412. The fourth-order valence-electron chi connectivity index (χ4n) is 1.27. The zero-order chi connectivity index (χ0) is 15.3. The molecular weight excluding hydrogens is 348 g/mol. The number of imide groups is 1. The van der Waals surface area contributed by atoms with E-state index in [2.05, 4.69) is 26.6 Å². The minimum atomic E-state index is -0.554. The van der Waals surface area contributed by atoms with Crippen LogP contribution < -0.4 is 15.4 Å². The standard InChI is InChI=1S/C13H16BrClN2O3/c1-13(2,3)17-12(19)16-11(18)7-20-10-5-4-8(15)6-9(10)14/h4-6H,7H2,1-3H3,(H2,16,17,18,19). The normalized spacial score (nSPS) is 10.8. The van der Waals surface area contributed by atoms with E-state index in [9.17, 15) is 9.59 Å². The van der Waals surface area contributed by atoms with E-state index in [1.807, 2.05) is 20.8 Å². The SMILES string of the molecule is CC(C)(C)NC(=O)NC(=O)COc1ccc(Cl)cc1Br. The van der Waals surface area contributed by atoms with E-state index in [0.717, 1.165) is 0 Å². The second-order valence-corrected chi connectivity index (χ2v) is 6.41. The Bertz CT molecular complexity index is 515. The molecule has 1 aromatic rings. The second kappa shape index (κ2) is 6.95. The highest BCUT2D eigenvalue weighted by Gasteiger charge is 2.16. The number of ether oxygens (including phenoxy) is 1. The van der Waals surface area contributed by atoms with E-state index in [-0.39, 0.29) is 6.61 Å². The van der Waals surface area contributed by atoms with Crippen LogP contribution in [0.15, 0.2) is 22.7 Å². The summed E-state index contributed by atoms with van der Waals surface area (Å²) < 4.78 is 5.92. The number of urea groups is 1. The number of halogens is 2. The maximum Gasteiger partial charge on any atom is 0.321 e. The molecule has 0 bridgehead atoms. The number of amides is 3. The van der Waals surface area contributed by atoms with Crippen LogP contribution >= 0.6 is 27.5 Å². The van der Waals surface area contributed by atoms with Gasteiger partial charge in [0.25, 0.3) is 5.91 Å². The molecule has 7 heteroatoms. The van der Waals surface area contributed by atoms with E-state index in [1.165, 1.54) is 0 Å². The first-order valence-electron chi connectivity index (χ1n) is 5.87. The average Bonchev–Trinajstić information content (AvgIpc) is 2.24. The van der Waals surface area contributed by atoms with Crippen LogP contribution in [0.5, 0.6) is 5.75 Å². The fourth-order valence-corrected chi connectivity index (χ4v) is 2.07. The fraction of sp³-hybridized carbons (Fsp3) is 0.385. The predicted octanol–water partition coefficient (Wildman–Crippen LogP) is 3.11. The van der Waals surface area contributed by atoms with Crippen molar-refractivity contribution < 1.29 is 14.3 Å². The lowest BCUT2D eigenvalue weighted by molar-refractivity contribution is -0.122. The van der Waals surface area contributed by atoms with Crippen molar-refractivity contribution in [1.82, 2.24) is 10.6 Å². The Morgan fingerprint density at radius 1 is 1.35 bits per heavy atom. The van der Waals surface area contributed by atoms with Crippen molar-refractivity contribution in [2.45, 2.75) is 26.3 Å². The van der Waals surface area contributed by atoms with Crippen LogP contribution in [0.25, 0.3) is 0 Å². The molecular formula is C13H16BrClN2O3. The van der Waals surface area contributed by atoms with Crippen molar-refractivity contribution >= 4 is 39.5 Å². The molecule has 3 amide bonds. The van der Waals surface area contributed by atoms with Gasteiger partial charge in [-0.1, -0.05) is 11.6 Å². The Morgan fingerprint density at radius 3 is 2.55 bits per heavy atom. The van der Waals surface area contributed by atoms with Gasteiger partial charge in [0.2, 0.25) is 0 Å². The van der Waals surface area contributed by atoms with Gasteiger partial charge in [-0.05, 0) is 54.9 Å². The van der Waals surface area contributed by atoms with Crippen molar-refractivity contribution in [3.63, 3.8) is 0 Å². The first-order valence-corrected chi connectivity index (χ1v) is 7.04. The van der Waals surface area contributed by atoms with Gasteiger partial charge in [0.15, 0.2) is 6.61 Å². The van der Waals surface area contributed by atoms with Gasteiger partial charge in [0.1, 0.15) is 5.75 Å². The number of hydrogen-bond donors (Lipinski definition) is 2. The van der Waals surface area contributed by atoms with Gasteiger partial charge in [-0.25, -0.2) is 4.79 Å². The molecule has 0 radical (unpaired) electrons. The third kappa shape index (κ3) is 6.25. The number of nitrogens with one attached hydrogen (secondary N) is 2. The van der Waals surface area contributed by atoms with Crippen LogP contribution in [0.1, 0.15) is 20.8 Å². The van der Waals surface area contributed by atoms with Crippen LogP contribution in [0, 0.1) is 0 Å². The molecule has 0 aliphatic heterocycles. The molecule has 0 heterocycles. The maximum absolute atomic E-state index is 11.6. The molecule has 2 N–H and O–H groups in total. The summed E-state index contributed by atoms with van der Waals surface area (Å²) in [6, 6.07) is 4.38. The quantitative estimate of drug-likeness (QED) is 0.867. The first kappa shape index (κ1) is 16.8. The van der Waals surface area contributed by atoms with Crippen molar-refractivity contribution in [2.24, 2.45) is 0 Å². The monoisotopic (exact) mass is 362 g/mol. The molecule has 0 fully saturated rings. The summed E-state index contributed by atoms with van der Waals surface area (Å²) in [5, 5.41) is 5.35. The summed E-state index contributed by atoms with van der Waals surface area (Å²) in [4.78, 5) is 23.0. The molecule has 5 nitrogen and oxygen atoms in total. The highest BCUT2D eigenvalue weighted by Crippen LogP contribution is 2.27. The van der Waals surface area contributed by atoms with E-state index in [4.69, 9.17) is 16.3 Å². The third-order valence-electron chi connectivity index (χ3n) is 1.99. The third-order valence-corrected chi connectivity index (χ3v) is 2.85. The summed E-state index contributed by atoms with van der Waals surface area (Å²) in [5.74, 6) is -0.0608. The average molecular weight is 364 g/mol. The van der Waals surface area contributed by atoms with Crippen LogP contribution in [0.2, 0.25) is 5.02 Å². The molecule has 0 spiro atoms. The highest BCUT2D eigenvalue weighted by atomic mass is 79.9. The Kier molecular flexibility index (Phi) is 5.83. The van der Waals surface area contributed by atoms with Gasteiger partial charge in [0.05, 0.1) is 4.47 Å². The number of benzene rings is 1. The van der Waals surface area contributed by atoms with Crippen LogP contribution in [-0.2, 0) is 4.79 Å². The van der Waals surface area contributed by atoms with Gasteiger partial charge in [0, 0.05) is 10.6 Å². The van der Waals surface area contributed by atoms with Crippen LogP contribution in [0.4, 0.5) is 4.79 Å². The lowest BCUT2D eigenvalue weighted by Gasteiger charge is -2.20. The number of hydrogen-bond acceptors (Lipinski definition) is 3. The van der Waals surface area contributed by atoms with Gasteiger partial charge < -0.3 is 10.1 Å². The largest absolute Gasteiger partial charge is 0.483 e. The Balaban J connectivity index is 2.46. The van der Waals surface area contributed by atoms with E-state index < -0.39 is 17.5 Å². The Labute approximate surface area is 131 Å². The topological polar surface area (TPSA) is 67.4 Å². The summed E-state index contributed by atoms with van der Waals surface area (Å²) in [7, 11) is 0. The van der Waals surface area contributed by atoms with Gasteiger partial charge >= 0.3 is 6.03 Å². The Morgan fingerprint density at radius 2 is 2.00 bits per heavy atom. The summed E-state index contributed by atoms with van der Waals surface area (Å²) in [6.45, 7) is 5.19. The van der Waals surface area contributed by atoms with Crippen molar-refractivity contribution in [2.75, 3.05) is 6.61 Å². The zero-order valence-electron chi connectivity index (χ0n) is 11.4. The van der Waals surface area contributed by atoms with E-state index in [0.29, 0.717) is 15.2 Å². The van der Waals surface area contributed by atoms with E-state index in [1.54, 1.807) is 18.2 Å². The van der Waals surface area contributed by atoms with Crippen molar-refractivity contribution in [3.05, 3.63) is 27.7 Å². The van der Waals surface area contributed by atoms with Gasteiger partial charge in [-0.2, -0.15) is 0 Å². The zero-order valence-corrected chi connectivity index (χ0v) is 13.8. The number of carbonyl (C=O) groups excluding carboxylic acids is 2. The molecule has 1 rings (SSSR count). The minimum Gasteiger partial charge on any atom is -0.483 e. The first-order chi connectivity index (χ1) is 9.17. The second-order valence-electron chi connectivity index (χ2n) is 5.12. The summed E-state index contributed by atoms with van der Waals surface area (Å²) in [6.07, 6.45) is 0. The molecule has 0 aromatic heterocycles. The lowest BCUT2D eigenvalue weighted by Crippen LogP contribution is -2.49. The molecule has 110 valence electrons. The molecule has 20 heavy (non-hydrogen) atoms. The summed E-state index contributed by atoms with van der Waals surface area (Å²) >= 11 is 9.06. The number of carbonyl (C=O) groups is 2. The molecule has 0 saturated carbocycles. The van der Waals surface area contributed by atoms with Crippen molar-refractivity contribution in [3.8, 4) is 5.75 Å². The van der Waals surface area contributed by atoms with Gasteiger partial charge in [-0.3, -0.25) is 10.1 Å². The molecule has 0 unspecified atom stereocenters. The lowest BCUT2D eigenvalue weighted by atomic mass is 10.1. The van der Waals surface area contributed by atoms with Crippen LogP contribution in [0.3, 0.4) is 0 Å². The highest BCUT2D eigenvalue weighted by molar-refractivity contribution is 9.10. The van der Waals surface area contributed by atoms with Gasteiger partial charge in [-0.15, -0.1) is 0 Å². The molecule has 0 saturated heterocycles. The minimum absolute atomic E-state index is 0.266. The molecule has 1 aromatic carbocycles. The number of rotatable bonds is 3. The van der Waals surface area contributed by atoms with Crippen molar-refractivity contribution in [1.29, 1.82) is 0 Å². The maximum atomic E-state index is 11.6. The Hall–Kier alpha value is -1.27. The molecule has 0 aliphatic rings. The smallest absolute Gasteiger partial charge is 0.321 e. The van der Waals surface area contributed by atoms with E-state index >= 15 is 0 Å².